The molecule has 1 aliphatic rings. The van der Waals surface area contributed by atoms with Crippen molar-refractivity contribution < 1.29 is 9.53 Å². The van der Waals surface area contributed by atoms with Gasteiger partial charge in [0.05, 0.1) is 6.10 Å². The third-order valence-electron chi connectivity index (χ3n) is 2.44. The SMILES string of the molecule is CC.CC(C)OC(=O)NC1CCC(N)CC1. The summed E-state index contributed by atoms with van der Waals surface area (Å²) in [6.45, 7) is 7.69. The van der Waals surface area contributed by atoms with Crippen LogP contribution in [-0.4, -0.2) is 24.3 Å². The van der Waals surface area contributed by atoms with Gasteiger partial charge in [-0.1, -0.05) is 13.8 Å². The Balaban J connectivity index is 0.00000106. The van der Waals surface area contributed by atoms with Crippen LogP contribution >= 0.6 is 0 Å². The molecule has 0 saturated heterocycles. The van der Waals surface area contributed by atoms with Crippen molar-refractivity contribution >= 4 is 6.09 Å². The molecule has 4 nitrogen and oxygen atoms in total. The molecule has 0 aliphatic heterocycles. The summed E-state index contributed by atoms with van der Waals surface area (Å²) >= 11 is 0. The van der Waals surface area contributed by atoms with Gasteiger partial charge in [0.2, 0.25) is 0 Å². The molecule has 0 unspecified atom stereocenters. The highest BCUT2D eigenvalue weighted by molar-refractivity contribution is 5.67. The monoisotopic (exact) mass is 230 g/mol. The first-order chi connectivity index (χ1) is 7.58. The minimum absolute atomic E-state index is 0.0548. The zero-order valence-electron chi connectivity index (χ0n) is 11.0. The molecular weight excluding hydrogens is 204 g/mol. The van der Waals surface area contributed by atoms with Crippen LogP contribution in [0.1, 0.15) is 53.4 Å². The molecule has 0 aromatic rings. The second kappa shape index (κ2) is 8.39. The molecule has 0 spiro atoms. The van der Waals surface area contributed by atoms with E-state index in [2.05, 4.69) is 5.32 Å². The van der Waals surface area contributed by atoms with E-state index in [1.807, 2.05) is 27.7 Å². The Hall–Kier alpha value is -0.770. The topological polar surface area (TPSA) is 64.3 Å². The van der Waals surface area contributed by atoms with Crippen molar-refractivity contribution in [2.24, 2.45) is 5.73 Å². The fourth-order valence-electron chi connectivity index (χ4n) is 1.68. The van der Waals surface area contributed by atoms with Gasteiger partial charge in [-0.25, -0.2) is 4.79 Å². The maximum Gasteiger partial charge on any atom is 0.407 e. The minimum atomic E-state index is -0.305. The second-order valence-electron chi connectivity index (χ2n) is 4.21. The lowest BCUT2D eigenvalue weighted by Crippen LogP contribution is -2.41. The van der Waals surface area contributed by atoms with Gasteiger partial charge in [-0.3, -0.25) is 0 Å². The molecule has 4 heteroatoms. The number of amides is 1. The highest BCUT2D eigenvalue weighted by atomic mass is 16.6. The van der Waals surface area contributed by atoms with E-state index in [4.69, 9.17) is 10.5 Å². The maximum atomic E-state index is 11.2. The molecule has 1 aliphatic carbocycles. The van der Waals surface area contributed by atoms with Crippen molar-refractivity contribution in [1.82, 2.24) is 5.32 Å². The number of nitrogens with one attached hydrogen (secondary N) is 1. The van der Waals surface area contributed by atoms with Crippen LogP contribution in [0.3, 0.4) is 0 Å². The number of carbonyl (C=O) groups is 1. The summed E-state index contributed by atoms with van der Waals surface area (Å²) in [7, 11) is 0. The van der Waals surface area contributed by atoms with Crippen LogP contribution in [0.15, 0.2) is 0 Å². The Morgan fingerprint density at radius 3 is 2.19 bits per heavy atom. The molecule has 3 N–H and O–H groups in total. The van der Waals surface area contributed by atoms with Crippen LogP contribution in [0, 0.1) is 0 Å². The van der Waals surface area contributed by atoms with E-state index in [1.165, 1.54) is 0 Å². The van der Waals surface area contributed by atoms with Crippen molar-refractivity contribution in [3.05, 3.63) is 0 Å². The van der Waals surface area contributed by atoms with Gasteiger partial charge in [0.25, 0.3) is 0 Å². The van der Waals surface area contributed by atoms with E-state index in [9.17, 15) is 4.79 Å². The Labute approximate surface area is 98.9 Å². The number of carbonyl (C=O) groups excluding carboxylic acids is 1. The van der Waals surface area contributed by atoms with Gasteiger partial charge >= 0.3 is 6.09 Å². The number of ether oxygens (including phenoxy) is 1. The van der Waals surface area contributed by atoms with Crippen molar-refractivity contribution in [2.75, 3.05) is 0 Å². The number of hydrogen-bond donors (Lipinski definition) is 2. The minimum Gasteiger partial charge on any atom is -0.447 e. The number of hydrogen-bond acceptors (Lipinski definition) is 3. The van der Waals surface area contributed by atoms with Crippen LogP contribution in [0.25, 0.3) is 0 Å². The van der Waals surface area contributed by atoms with E-state index in [0.717, 1.165) is 25.7 Å². The number of rotatable bonds is 2. The van der Waals surface area contributed by atoms with E-state index in [-0.39, 0.29) is 18.2 Å². The van der Waals surface area contributed by atoms with E-state index < -0.39 is 0 Å². The predicted molar refractivity (Wildman–Crippen MR) is 66.3 cm³/mol. The zero-order chi connectivity index (χ0) is 12.6. The normalized spacial score (nSPS) is 24.4. The van der Waals surface area contributed by atoms with Crippen LogP contribution in [0.2, 0.25) is 0 Å². The van der Waals surface area contributed by atoms with Gasteiger partial charge in [-0.2, -0.15) is 0 Å². The summed E-state index contributed by atoms with van der Waals surface area (Å²) in [4.78, 5) is 11.2. The van der Waals surface area contributed by atoms with E-state index >= 15 is 0 Å². The van der Waals surface area contributed by atoms with Gasteiger partial charge in [-0.05, 0) is 39.5 Å². The van der Waals surface area contributed by atoms with Gasteiger partial charge in [0, 0.05) is 12.1 Å². The fourth-order valence-corrected chi connectivity index (χ4v) is 1.68. The Bertz CT molecular complexity index is 187. The van der Waals surface area contributed by atoms with Crippen LogP contribution in [0.5, 0.6) is 0 Å². The summed E-state index contributed by atoms with van der Waals surface area (Å²) in [5.41, 5.74) is 5.76. The molecule has 0 aromatic carbocycles. The van der Waals surface area contributed by atoms with Gasteiger partial charge < -0.3 is 15.8 Å². The average molecular weight is 230 g/mol. The Kier molecular flexibility index (Phi) is 7.99. The van der Waals surface area contributed by atoms with Crippen LogP contribution in [0.4, 0.5) is 4.79 Å². The van der Waals surface area contributed by atoms with Crippen molar-refractivity contribution in [1.29, 1.82) is 0 Å². The third-order valence-corrected chi connectivity index (χ3v) is 2.44. The van der Waals surface area contributed by atoms with E-state index in [1.54, 1.807) is 0 Å². The fraction of sp³-hybridized carbons (Fsp3) is 0.917. The lowest BCUT2D eigenvalue weighted by Gasteiger charge is -2.26. The first-order valence-electron chi connectivity index (χ1n) is 6.30. The molecule has 0 radical (unpaired) electrons. The number of alkyl carbamates (subject to hydrolysis) is 1. The molecular formula is C12H26N2O2. The molecule has 1 amide bonds. The van der Waals surface area contributed by atoms with Crippen LogP contribution in [-0.2, 0) is 4.74 Å². The quantitative estimate of drug-likeness (QED) is 0.765. The molecule has 1 saturated carbocycles. The Morgan fingerprint density at radius 2 is 1.75 bits per heavy atom. The van der Waals surface area contributed by atoms with E-state index in [0.29, 0.717) is 6.04 Å². The molecule has 1 rings (SSSR count). The van der Waals surface area contributed by atoms with Gasteiger partial charge in [-0.15, -0.1) is 0 Å². The first kappa shape index (κ1) is 15.2. The smallest absolute Gasteiger partial charge is 0.407 e. The summed E-state index contributed by atoms with van der Waals surface area (Å²) in [5, 5.41) is 2.85. The summed E-state index contributed by atoms with van der Waals surface area (Å²) in [6, 6.07) is 0.565. The van der Waals surface area contributed by atoms with Gasteiger partial charge in [0.1, 0.15) is 0 Å². The molecule has 16 heavy (non-hydrogen) atoms. The summed E-state index contributed by atoms with van der Waals surface area (Å²) in [5.74, 6) is 0. The zero-order valence-corrected chi connectivity index (χ0v) is 11.0. The lowest BCUT2D eigenvalue weighted by atomic mass is 9.92. The molecule has 96 valence electrons. The first-order valence-corrected chi connectivity index (χ1v) is 6.30. The van der Waals surface area contributed by atoms with Crippen LogP contribution < -0.4 is 11.1 Å². The number of nitrogens with two attached hydrogens (primary N) is 1. The predicted octanol–water partition coefficient (Wildman–Crippen LogP) is 2.42. The molecule has 0 aromatic heterocycles. The van der Waals surface area contributed by atoms with Crippen molar-refractivity contribution in [3.63, 3.8) is 0 Å². The maximum absolute atomic E-state index is 11.2. The third kappa shape index (κ3) is 6.67. The summed E-state index contributed by atoms with van der Waals surface area (Å²) < 4.78 is 5.00. The average Bonchev–Trinajstić information content (AvgIpc) is 2.23. The lowest BCUT2D eigenvalue weighted by molar-refractivity contribution is 0.109. The molecule has 0 bridgehead atoms. The molecule has 0 atom stereocenters. The van der Waals surface area contributed by atoms with Gasteiger partial charge in [0.15, 0.2) is 0 Å². The standard InChI is InChI=1S/C10H20N2O2.C2H6/c1-7(2)14-10(13)12-9-5-3-8(11)4-6-9;1-2/h7-9H,3-6,11H2,1-2H3,(H,12,13);1-2H3. The molecule has 1 fully saturated rings. The largest absolute Gasteiger partial charge is 0.447 e. The highest BCUT2D eigenvalue weighted by Gasteiger charge is 2.20. The summed E-state index contributed by atoms with van der Waals surface area (Å²) in [6.07, 6.45) is 3.56. The Morgan fingerprint density at radius 1 is 1.25 bits per heavy atom. The molecule has 0 heterocycles. The van der Waals surface area contributed by atoms with Crippen molar-refractivity contribution in [3.8, 4) is 0 Å². The van der Waals surface area contributed by atoms with Crippen molar-refractivity contribution in [2.45, 2.75) is 71.6 Å². The highest BCUT2D eigenvalue weighted by Crippen LogP contribution is 2.16. The second-order valence-corrected chi connectivity index (χ2v) is 4.21.